The van der Waals surface area contributed by atoms with E-state index in [-0.39, 0.29) is 5.91 Å². The predicted octanol–water partition coefficient (Wildman–Crippen LogP) is 3.76. The molecule has 0 bridgehead atoms. The van der Waals surface area contributed by atoms with Gasteiger partial charge in [0.05, 0.1) is 26.3 Å². The van der Waals surface area contributed by atoms with Crippen LogP contribution < -0.4 is 14.8 Å². The Morgan fingerprint density at radius 2 is 2.07 bits per heavy atom. The van der Waals surface area contributed by atoms with Crippen molar-refractivity contribution in [2.24, 2.45) is 0 Å². The summed E-state index contributed by atoms with van der Waals surface area (Å²) in [7, 11) is 3.20. The van der Waals surface area contributed by atoms with Crippen molar-refractivity contribution in [1.82, 2.24) is 19.7 Å². The third-order valence-electron chi connectivity index (χ3n) is 4.34. The number of thiazole rings is 1. The lowest BCUT2D eigenvalue weighted by Crippen LogP contribution is -2.12. The Labute approximate surface area is 183 Å². The van der Waals surface area contributed by atoms with Gasteiger partial charge in [-0.05, 0) is 36.3 Å². The number of rotatable bonds is 10. The number of hydrogen-bond acceptors (Lipinski definition) is 7. The summed E-state index contributed by atoms with van der Waals surface area (Å²) in [6.45, 7) is 4.31. The summed E-state index contributed by atoms with van der Waals surface area (Å²) in [6, 6.07) is 5.59. The van der Waals surface area contributed by atoms with E-state index in [2.05, 4.69) is 27.1 Å². The van der Waals surface area contributed by atoms with Crippen molar-refractivity contribution in [3.63, 3.8) is 0 Å². The van der Waals surface area contributed by atoms with E-state index in [1.54, 1.807) is 26.4 Å². The highest BCUT2D eigenvalue weighted by Gasteiger charge is 2.12. The van der Waals surface area contributed by atoms with Crippen molar-refractivity contribution in [3.05, 3.63) is 58.1 Å². The third-order valence-corrected chi connectivity index (χ3v) is 5.46. The summed E-state index contributed by atoms with van der Waals surface area (Å²) in [6.07, 6.45) is 3.16. The molecule has 1 aromatic carbocycles. The van der Waals surface area contributed by atoms with Gasteiger partial charge in [-0.25, -0.2) is 4.98 Å². The number of H-pyrrole nitrogens is 1. The van der Waals surface area contributed by atoms with Crippen LogP contribution in [0.1, 0.15) is 23.5 Å². The van der Waals surface area contributed by atoms with Gasteiger partial charge in [0.1, 0.15) is 17.3 Å². The molecule has 2 aromatic heterocycles. The third kappa shape index (κ3) is 5.55. The number of methoxy groups -OCH3 is 2. The van der Waals surface area contributed by atoms with Crippen LogP contribution in [0.3, 0.4) is 0 Å². The summed E-state index contributed by atoms with van der Waals surface area (Å²) in [5, 5.41) is 12.3. The molecule has 8 nitrogen and oxygen atoms in total. The van der Waals surface area contributed by atoms with Crippen LogP contribution in [0.4, 0.5) is 5.13 Å². The number of ether oxygens (including phenoxy) is 2. The standard InChI is InChI=1S/C20H23N5O3S2/c1-4-7-25-17(23-24-20(25)29)10-14-12-30-19(21-14)22-18(26)6-5-13-8-15(27-2)11-16(9-13)28-3/h4,8-9,11-12H,1,5-7,10H2,2-3H3,(H,24,29)(H,21,22,26). The minimum Gasteiger partial charge on any atom is -0.497 e. The summed E-state index contributed by atoms with van der Waals surface area (Å²) < 4.78 is 12.9. The number of amides is 1. The summed E-state index contributed by atoms with van der Waals surface area (Å²) >= 11 is 6.60. The van der Waals surface area contributed by atoms with Crippen LogP contribution >= 0.6 is 23.6 Å². The van der Waals surface area contributed by atoms with Gasteiger partial charge in [-0.1, -0.05) is 6.08 Å². The number of nitrogens with zero attached hydrogens (tertiary/aromatic N) is 3. The van der Waals surface area contributed by atoms with Crippen LogP contribution in [0.25, 0.3) is 0 Å². The van der Waals surface area contributed by atoms with Gasteiger partial charge in [0, 0.05) is 24.4 Å². The SMILES string of the molecule is C=CCn1c(Cc2csc(NC(=O)CCc3cc(OC)cc(OC)c3)n2)n[nH]c1=S. The minimum atomic E-state index is -0.105. The molecule has 0 spiro atoms. The Morgan fingerprint density at radius 3 is 2.73 bits per heavy atom. The molecule has 0 aliphatic carbocycles. The van der Waals surface area contributed by atoms with Crippen LogP contribution in [0.2, 0.25) is 0 Å². The summed E-state index contributed by atoms with van der Waals surface area (Å²) in [5.74, 6) is 2.06. The molecule has 1 amide bonds. The van der Waals surface area contributed by atoms with E-state index in [0.29, 0.717) is 47.2 Å². The number of nitrogens with one attached hydrogen (secondary N) is 2. The van der Waals surface area contributed by atoms with E-state index in [1.807, 2.05) is 22.1 Å². The zero-order chi connectivity index (χ0) is 21.5. The molecule has 0 fully saturated rings. The van der Waals surface area contributed by atoms with Crippen LogP contribution in [0.15, 0.2) is 36.2 Å². The maximum Gasteiger partial charge on any atom is 0.226 e. The van der Waals surface area contributed by atoms with Gasteiger partial charge in [-0.2, -0.15) is 5.10 Å². The number of carbonyl (C=O) groups is 1. The number of aromatic amines is 1. The molecule has 2 N–H and O–H groups in total. The first-order valence-electron chi connectivity index (χ1n) is 9.23. The Hall–Kier alpha value is -2.98. The topological polar surface area (TPSA) is 94.1 Å². The second kappa shape index (κ2) is 10.2. The lowest BCUT2D eigenvalue weighted by Gasteiger charge is -2.08. The zero-order valence-electron chi connectivity index (χ0n) is 16.8. The fourth-order valence-corrected chi connectivity index (χ4v) is 3.81. The number of aryl methyl sites for hydroxylation is 1. The summed E-state index contributed by atoms with van der Waals surface area (Å²) in [5.41, 5.74) is 1.78. The van der Waals surface area contributed by atoms with Gasteiger partial charge in [0.15, 0.2) is 9.90 Å². The molecule has 0 saturated heterocycles. The van der Waals surface area contributed by atoms with E-state index in [0.717, 1.165) is 17.1 Å². The lowest BCUT2D eigenvalue weighted by atomic mass is 10.1. The Kier molecular flexibility index (Phi) is 7.36. The van der Waals surface area contributed by atoms with Gasteiger partial charge in [0.25, 0.3) is 0 Å². The van der Waals surface area contributed by atoms with E-state index >= 15 is 0 Å². The molecule has 30 heavy (non-hydrogen) atoms. The maximum atomic E-state index is 12.4. The number of allylic oxidation sites excluding steroid dienone is 1. The van der Waals surface area contributed by atoms with Crippen molar-refractivity contribution in [3.8, 4) is 11.5 Å². The number of aromatic nitrogens is 4. The molecular formula is C20H23N5O3S2. The highest BCUT2D eigenvalue weighted by molar-refractivity contribution is 7.71. The molecule has 3 aromatic rings. The second-order valence-corrected chi connectivity index (χ2v) is 7.68. The van der Waals surface area contributed by atoms with Gasteiger partial charge in [0.2, 0.25) is 5.91 Å². The second-order valence-electron chi connectivity index (χ2n) is 6.43. The molecular weight excluding hydrogens is 422 g/mol. The molecule has 0 radical (unpaired) electrons. The van der Waals surface area contributed by atoms with Gasteiger partial charge >= 0.3 is 0 Å². The summed E-state index contributed by atoms with van der Waals surface area (Å²) in [4.78, 5) is 16.8. The quantitative estimate of drug-likeness (QED) is 0.365. The maximum absolute atomic E-state index is 12.4. The van der Waals surface area contributed by atoms with Crippen molar-refractivity contribution >= 4 is 34.6 Å². The van der Waals surface area contributed by atoms with Crippen molar-refractivity contribution in [1.29, 1.82) is 0 Å². The minimum absolute atomic E-state index is 0.105. The van der Waals surface area contributed by atoms with Crippen LogP contribution in [-0.2, 0) is 24.2 Å². The lowest BCUT2D eigenvalue weighted by molar-refractivity contribution is -0.116. The first kappa shape index (κ1) is 21.7. The smallest absolute Gasteiger partial charge is 0.226 e. The molecule has 0 saturated carbocycles. The fourth-order valence-electron chi connectivity index (χ4n) is 2.86. The van der Waals surface area contributed by atoms with E-state index < -0.39 is 0 Å². The van der Waals surface area contributed by atoms with Crippen molar-refractivity contribution in [2.75, 3.05) is 19.5 Å². The zero-order valence-corrected chi connectivity index (χ0v) is 18.4. The molecule has 0 aliphatic rings. The van der Waals surface area contributed by atoms with E-state index in [4.69, 9.17) is 21.7 Å². The van der Waals surface area contributed by atoms with E-state index in [1.165, 1.54) is 11.3 Å². The predicted molar refractivity (Wildman–Crippen MR) is 119 cm³/mol. The molecule has 10 heteroatoms. The van der Waals surface area contributed by atoms with Gasteiger partial charge in [-0.3, -0.25) is 14.5 Å². The molecule has 2 heterocycles. The van der Waals surface area contributed by atoms with Crippen LogP contribution in [-0.4, -0.2) is 39.9 Å². The Bertz CT molecular complexity index is 1060. The highest BCUT2D eigenvalue weighted by Crippen LogP contribution is 2.24. The van der Waals surface area contributed by atoms with Crippen molar-refractivity contribution in [2.45, 2.75) is 25.8 Å². The first-order chi connectivity index (χ1) is 14.5. The fraction of sp³-hybridized carbons (Fsp3) is 0.300. The van der Waals surface area contributed by atoms with Crippen molar-refractivity contribution < 1.29 is 14.3 Å². The van der Waals surface area contributed by atoms with Gasteiger partial charge < -0.3 is 14.8 Å². The largest absolute Gasteiger partial charge is 0.497 e. The normalized spacial score (nSPS) is 10.6. The molecule has 0 atom stereocenters. The van der Waals surface area contributed by atoms with Crippen LogP contribution in [0, 0.1) is 4.77 Å². The average Bonchev–Trinajstić information content (AvgIpc) is 3.33. The monoisotopic (exact) mass is 445 g/mol. The Morgan fingerprint density at radius 1 is 1.33 bits per heavy atom. The number of benzene rings is 1. The highest BCUT2D eigenvalue weighted by atomic mass is 32.1. The average molecular weight is 446 g/mol. The molecule has 158 valence electrons. The van der Waals surface area contributed by atoms with Crippen LogP contribution in [0.5, 0.6) is 11.5 Å². The number of hydrogen-bond donors (Lipinski definition) is 2. The van der Waals surface area contributed by atoms with E-state index in [9.17, 15) is 4.79 Å². The molecule has 3 rings (SSSR count). The Balaban J connectivity index is 1.58. The number of carbonyl (C=O) groups excluding carboxylic acids is 1. The molecule has 0 unspecified atom stereocenters. The van der Waals surface area contributed by atoms with Gasteiger partial charge in [-0.15, -0.1) is 17.9 Å². The molecule has 0 aliphatic heterocycles. The number of anilines is 1. The first-order valence-corrected chi connectivity index (χ1v) is 10.5.